The van der Waals surface area contributed by atoms with Gasteiger partial charge in [-0.1, -0.05) is 5.21 Å². The summed E-state index contributed by atoms with van der Waals surface area (Å²) in [5.41, 5.74) is 1.56. The highest BCUT2D eigenvalue weighted by Crippen LogP contribution is 2.24. The van der Waals surface area contributed by atoms with Crippen LogP contribution in [-0.4, -0.2) is 25.1 Å². The molecule has 1 unspecified atom stereocenters. The number of hydrogen-bond acceptors (Lipinski definition) is 5. The fourth-order valence-corrected chi connectivity index (χ4v) is 2.71. The molecule has 0 radical (unpaired) electrons. The number of aromatic nitrogens is 4. The second-order valence-electron chi connectivity index (χ2n) is 3.47. The van der Waals surface area contributed by atoms with Gasteiger partial charge in [0.2, 0.25) is 0 Å². The minimum atomic E-state index is -0.643. The van der Waals surface area contributed by atoms with Gasteiger partial charge in [-0.2, -0.15) is 0 Å². The predicted molar refractivity (Wildman–Crippen MR) is 64.2 cm³/mol. The van der Waals surface area contributed by atoms with E-state index in [-0.39, 0.29) is 0 Å². The lowest BCUT2D eigenvalue weighted by Gasteiger charge is -2.08. The van der Waals surface area contributed by atoms with Gasteiger partial charge in [0, 0.05) is 18.8 Å². The lowest BCUT2D eigenvalue weighted by molar-refractivity contribution is 0.166. The van der Waals surface area contributed by atoms with Crippen LogP contribution in [0.15, 0.2) is 9.98 Å². The molecule has 86 valence electrons. The van der Waals surface area contributed by atoms with Gasteiger partial charge in [-0.25, -0.2) is 9.67 Å². The van der Waals surface area contributed by atoms with Gasteiger partial charge in [-0.15, -0.1) is 16.4 Å². The predicted octanol–water partition coefficient (Wildman–Crippen LogP) is 1.62. The number of aliphatic hydroxyl groups excluding tert-OH is 1. The summed E-state index contributed by atoms with van der Waals surface area (Å²) in [5.74, 6) is 0. The molecule has 0 aromatic carbocycles. The van der Waals surface area contributed by atoms with Crippen molar-refractivity contribution in [1.82, 2.24) is 20.0 Å². The van der Waals surface area contributed by atoms with Crippen molar-refractivity contribution in [2.75, 3.05) is 0 Å². The molecule has 2 aromatic heterocycles. The Morgan fingerprint density at radius 3 is 2.88 bits per heavy atom. The maximum atomic E-state index is 10.1. The summed E-state index contributed by atoms with van der Waals surface area (Å²) in [6.45, 7) is 1.95. The van der Waals surface area contributed by atoms with Crippen LogP contribution in [0.1, 0.15) is 22.5 Å². The Hall–Kier alpha value is -0.790. The Labute approximate surface area is 105 Å². The van der Waals surface area contributed by atoms with Gasteiger partial charge in [0.05, 0.1) is 10.7 Å². The Morgan fingerprint density at radius 1 is 1.62 bits per heavy atom. The molecule has 7 heteroatoms. The molecular formula is C9H11BrN4OS. The fourth-order valence-electron chi connectivity index (χ4n) is 1.49. The molecule has 0 bridgehead atoms. The highest BCUT2D eigenvalue weighted by atomic mass is 79.9. The number of hydrogen-bond donors (Lipinski definition) is 1. The first-order valence-corrected chi connectivity index (χ1v) is 6.39. The van der Waals surface area contributed by atoms with Crippen molar-refractivity contribution in [2.45, 2.75) is 19.4 Å². The monoisotopic (exact) mass is 302 g/mol. The maximum absolute atomic E-state index is 10.1. The van der Waals surface area contributed by atoms with Gasteiger partial charge in [0.15, 0.2) is 4.60 Å². The number of thiazole rings is 1. The molecule has 1 atom stereocenters. The normalized spacial score (nSPS) is 13.0. The van der Waals surface area contributed by atoms with Crippen LogP contribution < -0.4 is 0 Å². The third-order valence-corrected chi connectivity index (χ3v) is 3.60. The van der Waals surface area contributed by atoms with Crippen LogP contribution >= 0.6 is 27.3 Å². The summed E-state index contributed by atoms with van der Waals surface area (Å²) in [5, 5.41) is 20.7. The second kappa shape index (κ2) is 4.60. The van der Waals surface area contributed by atoms with Crippen LogP contribution in [0.5, 0.6) is 0 Å². The molecule has 0 saturated heterocycles. The Morgan fingerprint density at radius 2 is 2.38 bits per heavy atom. The van der Waals surface area contributed by atoms with E-state index in [4.69, 9.17) is 0 Å². The lowest BCUT2D eigenvalue weighted by atomic mass is 10.1. The molecule has 0 amide bonds. The van der Waals surface area contributed by atoms with Crippen LogP contribution in [0.4, 0.5) is 0 Å². The van der Waals surface area contributed by atoms with E-state index in [0.717, 1.165) is 10.7 Å². The van der Waals surface area contributed by atoms with Gasteiger partial charge in [0.25, 0.3) is 0 Å². The molecule has 1 N–H and O–H groups in total. The van der Waals surface area contributed by atoms with Gasteiger partial charge in [-0.3, -0.25) is 0 Å². The van der Waals surface area contributed by atoms with E-state index in [1.165, 1.54) is 0 Å². The van der Waals surface area contributed by atoms with E-state index < -0.39 is 6.10 Å². The molecule has 0 aliphatic heterocycles. The zero-order chi connectivity index (χ0) is 11.7. The average Bonchev–Trinajstić information content (AvgIpc) is 2.74. The summed E-state index contributed by atoms with van der Waals surface area (Å²) < 4.78 is 2.14. The van der Waals surface area contributed by atoms with E-state index in [1.807, 2.05) is 12.3 Å². The summed E-state index contributed by atoms with van der Waals surface area (Å²) in [4.78, 5) is 4.31. The molecule has 2 heterocycles. The quantitative estimate of drug-likeness (QED) is 0.936. The highest BCUT2D eigenvalue weighted by Gasteiger charge is 2.18. The molecule has 2 aromatic rings. The molecule has 0 spiro atoms. The number of aliphatic hydroxyl groups is 1. The lowest BCUT2D eigenvalue weighted by Crippen LogP contribution is -2.08. The number of nitrogens with zero attached hydrogens (tertiary/aromatic N) is 4. The smallest absolute Gasteiger partial charge is 0.154 e. The Kier molecular flexibility index (Phi) is 3.36. The summed E-state index contributed by atoms with van der Waals surface area (Å²) in [7, 11) is 1.75. The maximum Gasteiger partial charge on any atom is 0.154 e. The molecule has 0 aliphatic carbocycles. The third-order valence-electron chi connectivity index (χ3n) is 2.21. The molecule has 5 nitrogen and oxygen atoms in total. The Bertz CT molecular complexity index is 476. The van der Waals surface area contributed by atoms with Crippen molar-refractivity contribution >= 4 is 27.3 Å². The first kappa shape index (κ1) is 11.7. The SMILES string of the molecule is Cc1nc(CC(O)c2c(Br)nnn2C)cs1. The molecule has 16 heavy (non-hydrogen) atoms. The largest absolute Gasteiger partial charge is 0.386 e. The number of aryl methyl sites for hydroxylation is 2. The fraction of sp³-hybridized carbons (Fsp3) is 0.444. The van der Waals surface area contributed by atoms with E-state index in [2.05, 4.69) is 31.2 Å². The third kappa shape index (κ3) is 2.31. The first-order chi connectivity index (χ1) is 7.58. The van der Waals surface area contributed by atoms with Crippen LogP contribution in [0.2, 0.25) is 0 Å². The van der Waals surface area contributed by atoms with Crippen molar-refractivity contribution in [3.8, 4) is 0 Å². The van der Waals surface area contributed by atoms with Crippen molar-refractivity contribution in [3.63, 3.8) is 0 Å². The highest BCUT2D eigenvalue weighted by molar-refractivity contribution is 9.10. The minimum Gasteiger partial charge on any atom is -0.386 e. The van der Waals surface area contributed by atoms with Gasteiger partial charge >= 0.3 is 0 Å². The van der Waals surface area contributed by atoms with Gasteiger partial charge < -0.3 is 5.11 Å². The van der Waals surface area contributed by atoms with E-state index >= 15 is 0 Å². The summed E-state index contributed by atoms with van der Waals surface area (Å²) in [6, 6.07) is 0. The van der Waals surface area contributed by atoms with E-state index in [9.17, 15) is 5.11 Å². The minimum absolute atomic E-state index is 0.476. The van der Waals surface area contributed by atoms with E-state index in [0.29, 0.717) is 16.7 Å². The van der Waals surface area contributed by atoms with Gasteiger partial charge in [-0.05, 0) is 22.9 Å². The van der Waals surface area contributed by atoms with Crippen LogP contribution in [0.3, 0.4) is 0 Å². The van der Waals surface area contributed by atoms with Crippen molar-refractivity contribution < 1.29 is 5.11 Å². The van der Waals surface area contributed by atoms with Gasteiger partial charge in [0.1, 0.15) is 11.8 Å². The number of halogens is 1. The van der Waals surface area contributed by atoms with Crippen LogP contribution in [0, 0.1) is 6.92 Å². The molecule has 0 fully saturated rings. The summed E-state index contributed by atoms with van der Waals surface area (Å²) >= 11 is 4.84. The van der Waals surface area contributed by atoms with E-state index in [1.54, 1.807) is 23.1 Å². The van der Waals surface area contributed by atoms with Crippen LogP contribution in [-0.2, 0) is 13.5 Å². The molecular weight excluding hydrogens is 292 g/mol. The van der Waals surface area contributed by atoms with Crippen molar-refractivity contribution in [1.29, 1.82) is 0 Å². The Balaban J connectivity index is 2.17. The molecule has 0 aliphatic rings. The number of rotatable bonds is 3. The average molecular weight is 303 g/mol. The van der Waals surface area contributed by atoms with Crippen molar-refractivity contribution in [3.05, 3.63) is 26.4 Å². The molecule has 0 saturated carbocycles. The first-order valence-electron chi connectivity index (χ1n) is 4.72. The zero-order valence-electron chi connectivity index (χ0n) is 8.88. The summed E-state index contributed by atoms with van der Waals surface area (Å²) in [6.07, 6.45) is -0.166. The van der Waals surface area contributed by atoms with Crippen molar-refractivity contribution in [2.24, 2.45) is 7.05 Å². The zero-order valence-corrected chi connectivity index (χ0v) is 11.3. The van der Waals surface area contributed by atoms with Crippen LogP contribution in [0.25, 0.3) is 0 Å². The molecule has 2 rings (SSSR count). The second-order valence-corrected chi connectivity index (χ2v) is 5.28. The topological polar surface area (TPSA) is 63.8 Å². The standard InChI is InChI=1S/C9H11BrN4OS/c1-5-11-6(4-16-5)3-7(15)8-9(10)12-13-14(8)2/h4,7,15H,3H2,1-2H3.